The zero-order chi connectivity index (χ0) is 33.1. The quantitative estimate of drug-likeness (QED) is 0.229. The number of carbonyl (C=O) groups is 3. The van der Waals surface area contributed by atoms with Gasteiger partial charge in [-0.05, 0) is 58.1 Å². The lowest BCUT2D eigenvalue weighted by molar-refractivity contribution is -0.119. The number of rotatable bonds is 6. The summed E-state index contributed by atoms with van der Waals surface area (Å²) in [5.74, 6) is -1.29. The van der Waals surface area contributed by atoms with E-state index in [-0.39, 0.29) is 41.2 Å². The fraction of sp³-hybridized carbons (Fsp3) is 0.562. The van der Waals surface area contributed by atoms with Crippen LogP contribution in [0.1, 0.15) is 54.4 Å². The van der Waals surface area contributed by atoms with Gasteiger partial charge in [0.05, 0.1) is 25.0 Å². The largest absolute Gasteiger partial charge is 0.494 e. The predicted molar refractivity (Wildman–Crippen MR) is 165 cm³/mol. The van der Waals surface area contributed by atoms with Gasteiger partial charge in [0.15, 0.2) is 11.9 Å². The number of aliphatic hydroxyl groups is 1. The van der Waals surface area contributed by atoms with Crippen molar-refractivity contribution in [3.8, 4) is 0 Å². The number of Topliss-reactive ketones (excluding diaryl/α,β-unsaturated/α-hetero) is 1. The topological polar surface area (TPSA) is 168 Å². The van der Waals surface area contributed by atoms with Crippen molar-refractivity contribution >= 4 is 23.5 Å². The summed E-state index contributed by atoms with van der Waals surface area (Å²) in [5.41, 5.74) is 6.83. The molecule has 12 heteroatoms. The number of methoxy groups -OCH3 is 3. The molecule has 0 saturated heterocycles. The molecule has 4 N–H and O–H groups in total. The molecule has 0 aromatic rings. The standard InChI is InChI=1S/C32H47N3O9/c1-17(2)44-35-24-16-23-28(37)22(30(24)42-9)13-18(3)14-26(41-8)27(36)20(5)15-21(6)29(43-32(33)39)25(40-7)12-10-11-19(4)31(38)34-23/h10-12,15-18,20,25-27,29,36H,13-14H2,1-9H3,(H2,33,39)(H,34,38)/b12-10-,19-11+,21-15+,35-24+/t18-,20+,25+,26+,27-,29+/m1/s1. The molecule has 0 saturated carbocycles. The molecule has 0 fully saturated rings. The summed E-state index contributed by atoms with van der Waals surface area (Å²) in [4.78, 5) is 44.1. The van der Waals surface area contributed by atoms with Gasteiger partial charge in [-0.3, -0.25) is 9.59 Å². The molecule has 2 rings (SSSR count). The smallest absolute Gasteiger partial charge is 0.405 e. The number of ketones is 1. The highest BCUT2D eigenvalue weighted by Gasteiger charge is 2.33. The van der Waals surface area contributed by atoms with E-state index in [0.29, 0.717) is 17.6 Å². The van der Waals surface area contributed by atoms with Gasteiger partial charge < -0.3 is 39.9 Å². The van der Waals surface area contributed by atoms with Crippen LogP contribution in [0, 0.1) is 11.8 Å². The number of ether oxygens (including phenoxy) is 4. The summed E-state index contributed by atoms with van der Waals surface area (Å²) in [5, 5.41) is 18.2. The lowest BCUT2D eigenvalue weighted by Gasteiger charge is -2.30. The van der Waals surface area contributed by atoms with Gasteiger partial charge in [0, 0.05) is 31.3 Å². The summed E-state index contributed by atoms with van der Waals surface area (Å²) in [6.07, 6.45) is 4.11. The van der Waals surface area contributed by atoms with Gasteiger partial charge in [0.2, 0.25) is 5.78 Å². The van der Waals surface area contributed by atoms with Crippen LogP contribution in [0.3, 0.4) is 0 Å². The number of amides is 2. The van der Waals surface area contributed by atoms with Crippen LogP contribution in [0.25, 0.3) is 0 Å². The van der Waals surface area contributed by atoms with E-state index in [2.05, 4.69) is 10.5 Å². The first kappa shape index (κ1) is 36.5. The van der Waals surface area contributed by atoms with E-state index in [1.165, 1.54) is 33.5 Å². The van der Waals surface area contributed by atoms with Crippen molar-refractivity contribution in [1.29, 1.82) is 0 Å². The van der Waals surface area contributed by atoms with Crippen molar-refractivity contribution < 1.29 is 43.3 Å². The van der Waals surface area contributed by atoms with Crippen molar-refractivity contribution in [3.05, 3.63) is 58.6 Å². The first-order valence-electron chi connectivity index (χ1n) is 14.6. The first-order valence-corrected chi connectivity index (χ1v) is 14.6. The number of allylic oxidation sites excluding steroid dienone is 4. The van der Waals surface area contributed by atoms with Crippen LogP contribution >= 0.6 is 0 Å². The van der Waals surface area contributed by atoms with E-state index >= 15 is 0 Å². The van der Waals surface area contributed by atoms with E-state index in [9.17, 15) is 19.5 Å². The molecule has 12 nitrogen and oxygen atoms in total. The summed E-state index contributed by atoms with van der Waals surface area (Å²) in [6.45, 7) is 10.7. The van der Waals surface area contributed by atoms with Crippen molar-refractivity contribution in [3.63, 3.8) is 0 Å². The third-order valence-corrected chi connectivity index (χ3v) is 7.32. The van der Waals surface area contributed by atoms with Crippen molar-refractivity contribution in [2.24, 2.45) is 22.7 Å². The molecule has 0 unspecified atom stereocenters. The second-order valence-corrected chi connectivity index (χ2v) is 11.4. The Kier molecular flexibility index (Phi) is 14.0. The number of fused-ring (bicyclic) bond motifs is 2. The number of nitrogens with zero attached hydrogens (tertiary/aromatic N) is 1. The molecule has 1 aliphatic carbocycles. The highest BCUT2D eigenvalue weighted by atomic mass is 16.6. The highest BCUT2D eigenvalue weighted by molar-refractivity contribution is 6.24. The molecule has 1 aliphatic heterocycles. The fourth-order valence-electron chi connectivity index (χ4n) is 5.03. The second kappa shape index (κ2) is 16.9. The van der Waals surface area contributed by atoms with Gasteiger partial charge >= 0.3 is 6.09 Å². The number of nitrogens with two attached hydrogens (primary N) is 1. The average Bonchev–Trinajstić information content (AvgIpc) is 2.96. The molecular formula is C32H47N3O9. The van der Waals surface area contributed by atoms with Crippen molar-refractivity contribution in [2.75, 3.05) is 21.3 Å². The number of hydrogen-bond acceptors (Lipinski definition) is 10. The zero-order valence-electron chi connectivity index (χ0n) is 27.1. The molecule has 2 aliphatic rings. The molecule has 2 bridgehead atoms. The van der Waals surface area contributed by atoms with E-state index in [4.69, 9.17) is 29.5 Å². The minimum atomic E-state index is -0.991. The molecule has 244 valence electrons. The maximum absolute atomic E-state index is 13.7. The molecule has 2 amide bonds. The number of primary amides is 1. The third kappa shape index (κ3) is 9.90. The highest BCUT2D eigenvalue weighted by Crippen LogP contribution is 2.30. The van der Waals surface area contributed by atoms with Crippen LogP contribution in [0.2, 0.25) is 0 Å². The van der Waals surface area contributed by atoms with Crippen LogP contribution in [-0.2, 0) is 33.4 Å². The lowest BCUT2D eigenvalue weighted by Crippen LogP contribution is -2.37. The number of aliphatic hydroxyl groups excluding tert-OH is 1. The van der Waals surface area contributed by atoms with Gasteiger partial charge in [-0.1, -0.05) is 43.3 Å². The van der Waals surface area contributed by atoms with E-state index in [1.54, 1.807) is 32.1 Å². The monoisotopic (exact) mass is 617 g/mol. The Morgan fingerprint density at radius 2 is 1.82 bits per heavy atom. The van der Waals surface area contributed by atoms with Gasteiger partial charge in [-0.15, -0.1) is 0 Å². The minimum absolute atomic E-state index is 0.0141. The summed E-state index contributed by atoms with van der Waals surface area (Å²) in [7, 11) is 4.40. The number of hydrogen-bond donors (Lipinski definition) is 3. The minimum Gasteiger partial charge on any atom is -0.494 e. The van der Waals surface area contributed by atoms with Crippen LogP contribution in [0.5, 0.6) is 0 Å². The Hall–Kier alpha value is -3.74. The average molecular weight is 618 g/mol. The zero-order valence-corrected chi connectivity index (χ0v) is 27.1. The molecule has 0 aromatic heterocycles. The normalized spacial score (nSPS) is 31.8. The SMILES string of the molecule is COC1=C2C[C@@H](C)C[C@H](OC)[C@H](O)[C@@H](C)/C=C(\C)[C@H](OC(N)=O)[C@@H](OC)/C=C\C=C(/C)C(=O)NC(=C/C1=N\OC(C)C)C2=O. The maximum atomic E-state index is 13.7. The van der Waals surface area contributed by atoms with Gasteiger partial charge in [-0.25, -0.2) is 4.79 Å². The van der Waals surface area contributed by atoms with E-state index in [1.807, 2.05) is 27.7 Å². The summed E-state index contributed by atoms with van der Waals surface area (Å²) >= 11 is 0. The molecule has 0 radical (unpaired) electrons. The Morgan fingerprint density at radius 3 is 2.39 bits per heavy atom. The van der Waals surface area contributed by atoms with E-state index in [0.717, 1.165) is 0 Å². The third-order valence-electron chi connectivity index (χ3n) is 7.32. The van der Waals surface area contributed by atoms with Crippen molar-refractivity contribution in [2.45, 2.75) is 84.9 Å². The number of carbonyl (C=O) groups excluding carboxylic acids is 3. The second-order valence-electron chi connectivity index (χ2n) is 11.4. The van der Waals surface area contributed by atoms with Crippen molar-refractivity contribution in [1.82, 2.24) is 5.32 Å². The van der Waals surface area contributed by atoms with Crippen LogP contribution < -0.4 is 11.1 Å². The molecule has 0 aromatic carbocycles. The molecule has 0 spiro atoms. The van der Waals surface area contributed by atoms with Gasteiger partial charge in [0.25, 0.3) is 5.91 Å². The molecule has 44 heavy (non-hydrogen) atoms. The van der Waals surface area contributed by atoms with Gasteiger partial charge in [-0.2, -0.15) is 0 Å². The summed E-state index contributed by atoms with van der Waals surface area (Å²) < 4.78 is 22.3. The lowest BCUT2D eigenvalue weighted by atomic mass is 9.85. The van der Waals surface area contributed by atoms with Crippen LogP contribution in [-0.4, -0.2) is 80.5 Å². The Balaban J connectivity index is 2.68. The molecule has 6 atom stereocenters. The number of nitrogens with one attached hydrogen (secondary N) is 1. The summed E-state index contributed by atoms with van der Waals surface area (Å²) in [6, 6.07) is 0. The van der Waals surface area contributed by atoms with Crippen LogP contribution in [0.15, 0.2) is 63.7 Å². The van der Waals surface area contributed by atoms with E-state index < -0.39 is 48.1 Å². The Bertz CT molecular complexity index is 1250. The van der Waals surface area contributed by atoms with Crippen LogP contribution in [0.4, 0.5) is 4.79 Å². The molecular weight excluding hydrogens is 570 g/mol. The fourth-order valence-corrected chi connectivity index (χ4v) is 5.03. The first-order chi connectivity index (χ1) is 20.7. The number of oxime groups is 1. The van der Waals surface area contributed by atoms with Gasteiger partial charge in [0.1, 0.15) is 17.9 Å². The predicted octanol–water partition coefficient (Wildman–Crippen LogP) is 3.62. The Labute approximate surface area is 259 Å². The Morgan fingerprint density at radius 1 is 1.14 bits per heavy atom. The maximum Gasteiger partial charge on any atom is 0.405 e. The molecule has 1 heterocycles.